The summed E-state index contributed by atoms with van der Waals surface area (Å²) in [6, 6.07) is 5.38. The smallest absolute Gasteiger partial charge is 0.271 e. The van der Waals surface area contributed by atoms with Gasteiger partial charge in [-0.25, -0.2) is 0 Å². The van der Waals surface area contributed by atoms with Gasteiger partial charge in [0.2, 0.25) is 11.7 Å². The van der Waals surface area contributed by atoms with Crippen LogP contribution in [0, 0.1) is 32.1 Å². The van der Waals surface area contributed by atoms with E-state index in [2.05, 4.69) is 6.92 Å². The average Bonchev–Trinajstić information content (AvgIpc) is 3.03. The van der Waals surface area contributed by atoms with Gasteiger partial charge < -0.3 is 9.52 Å². The second-order valence-corrected chi connectivity index (χ2v) is 8.22. The standard InChI is InChI=1S/C24H25ClN2O4/c1-5-6-7-8-9-27-23(29)17(12-26)14(3)20(24(27)30)21(28)22-15(4)16-11-18(25)13(2)10-19(16)31-22/h10-11,30H,5-9H2,1-4H3. The Morgan fingerprint density at radius 1 is 1.19 bits per heavy atom. The molecule has 6 nitrogen and oxygen atoms in total. The first-order valence-electron chi connectivity index (χ1n) is 10.3. The predicted molar refractivity (Wildman–Crippen MR) is 120 cm³/mol. The molecule has 0 bridgehead atoms. The van der Waals surface area contributed by atoms with Gasteiger partial charge in [0, 0.05) is 22.5 Å². The number of nitriles is 1. The third kappa shape index (κ3) is 3.98. The van der Waals surface area contributed by atoms with E-state index in [1.54, 1.807) is 19.1 Å². The van der Waals surface area contributed by atoms with Gasteiger partial charge in [0.15, 0.2) is 5.76 Å². The van der Waals surface area contributed by atoms with Crippen molar-refractivity contribution in [2.45, 2.75) is 59.9 Å². The van der Waals surface area contributed by atoms with Crippen molar-refractivity contribution in [2.75, 3.05) is 0 Å². The Labute approximate surface area is 185 Å². The van der Waals surface area contributed by atoms with Crippen LogP contribution in [0.4, 0.5) is 0 Å². The zero-order chi connectivity index (χ0) is 22.9. The largest absolute Gasteiger partial charge is 0.494 e. The maximum atomic E-state index is 13.4. The maximum Gasteiger partial charge on any atom is 0.271 e. The van der Waals surface area contributed by atoms with Crippen LogP contribution in [0.3, 0.4) is 0 Å². The number of aromatic hydroxyl groups is 1. The van der Waals surface area contributed by atoms with Crippen LogP contribution in [-0.4, -0.2) is 15.5 Å². The lowest BCUT2D eigenvalue weighted by Gasteiger charge is -2.15. The summed E-state index contributed by atoms with van der Waals surface area (Å²) in [5.74, 6) is -0.955. The molecular formula is C24H25ClN2O4. The number of unbranched alkanes of at least 4 members (excludes halogenated alkanes) is 3. The molecule has 1 N–H and O–H groups in total. The molecular weight excluding hydrogens is 416 g/mol. The first-order valence-corrected chi connectivity index (χ1v) is 10.7. The second kappa shape index (κ2) is 8.99. The first kappa shape index (κ1) is 22.6. The molecule has 0 aliphatic heterocycles. The molecule has 7 heteroatoms. The Morgan fingerprint density at radius 2 is 1.90 bits per heavy atom. The Hall–Kier alpha value is -3.04. The number of nitrogens with zero attached hydrogens (tertiary/aromatic N) is 2. The number of pyridine rings is 1. The van der Waals surface area contributed by atoms with Crippen molar-refractivity contribution in [1.29, 1.82) is 5.26 Å². The van der Waals surface area contributed by atoms with Crippen LogP contribution >= 0.6 is 11.6 Å². The minimum absolute atomic E-state index is 0.0511. The number of fused-ring (bicyclic) bond motifs is 1. The molecule has 0 spiro atoms. The van der Waals surface area contributed by atoms with E-state index in [4.69, 9.17) is 16.0 Å². The molecule has 3 aromatic rings. The highest BCUT2D eigenvalue weighted by Crippen LogP contribution is 2.33. The number of carbonyl (C=O) groups excluding carboxylic acids is 1. The van der Waals surface area contributed by atoms with E-state index in [9.17, 15) is 20.0 Å². The molecule has 2 heterocycles. The van der Waals surface area contributed by atoms with Crippen LogP contribution in [-0.2, 0) is 6.54 Å². The number of carbonyl (C=O) groups is 1. The summed E-state index contributed by atoms with van der Waals surface area (Å²) in [6.45, 7) is 7.37. The van der Waals surface area contributed by atoms with Gasteiger partial charge in [0.05, 0.1) is 5.56 Å². The van der Waals surface area contributed by atoms with Gasteiger partial charge in [-0.2, -0.15) is 5.26 Å². The topological polar surface area (TPSA) is 96.2 Å². The van der Waals surface area contributed by atoms with Gasteiger partial charge in [0.25, 0.3) is 5.56 Å². The number of rotatable bonds is 7. The summed E-state index contributed by atoms with van der Waals surface area (Å²) < 4.78 is 6.95. The monoisotopic (exact) mass is 440 g/mol. The molecule has 31 heavy (non-hydrogen) atoms. The number of ketones is 1. The van der Waals surface area contributed by atoms with Gasteiger partial charge in [-0.3, -0.25) is 14.2 Å². The Balaban J connectivity index is 2.17. The van der Waals surface area contributed by atoms with Gasteiger partial charge in [-0.15, -0.1) is 0 Å². The number of benzene rings is 1. The van der Waals surface area contributed by atoms with Crippen molar-refractivity contribution >= 4 is 28.4 Å². The average molecular weight is 441 g/mol. The fraction of sp³-hybridized carbons (Fsp3) is 0.375. The molecule has 0 fully saturated rings. The van der Waals surface area contributed by atoms with Crippen molar-refractivity contribution in [3.05, 3.63) is 61.1 Å². The van der Waals surface area contributed by atoms with E-state index in [1.165, 1.54) is 6.92 Å². The summed E-state index contributed by atoms with van der Waals surface area (Å²) in [6.07, 6.45) is 3.56. The summed E-state index contributed by atoms with van der Waals surface area (Å²) >= 11 is 6.22. The normalized spacial score (nSPS) is 11.1. The van der Waals surface area contributed by atoms with E-state index >= 15 is 0 Å². The molecule has 0 aliphatic rings. The number of halogens is 1. The number of hydrogen-bond donors (Lipinski definition) is 1. The minimum atomic E-state index is -0.589. The van der Waals surface area contributed by atoms with Gasteiger partial charge in [-0.05, 0) is 50.5 Å². The molecule has 0 amide bonds. The second-order valence-electron chi connectivity index (χ2n) is 7.81. The number of hydrogen-bond acceptors (Lipinski definition) is 5. The lowest BCUT2D eigenvalue weighted by Crippen LogP contribution is -2.27. The third-order valence-electron chi connectivity index (χ3n) is 5.69. The van der Waals surface area contributed by atoms with E-state index in [0.717, 1.165) is 29.4 Å². The molecule has 0 aliphatic carbocycles. The van der Waals surface area contributed by atoms with Crippen LogP contribution in [0.25, 0.3) is 11.0 Å². The van der Waals surface area contributed by atoms with Crippen molar-refractivity contribution in [1.82, 2.24) is 4.57 Å². The van der Waals surface area contributed by atoms with Crippen molar-refractivity contribution in [3.8, 4) is 11.9 Å². The SMILES string of the molecule is CCCCCCn1c(O)c(C(=O)c2oc3cc(C)c(Cl)cc3c2C)c(C)c(C#N)c1=O. The molecule has 0 saturated heterocycles. The zero-order valence-electron chi connectivity index (χ0n) is 18.1. The fourth-order valence-electron chi connectivity index (χ4n) is 3.80. The van der Waals surface area contributed by atoms with E-state index in [1.807, 2.05) is 13.0 Å². The molecule has 162 valence electrons. The quantitative estimate of drug-likeness (QED) is 0.383. The molecule has 0 radical (unpaired) electrons. The predicted octanol–water partition coefficient (Wildman–Crippen LogP) is 5.56. The third-order valence-corrected chi connectivity index (χ3v) is 6.09. The van der Waals surface area contributed by atoms with Crippen LogP contribution in [0.2, 0.25) is 5.02 Å². The minimum Gasteiger partial charge on any atom is -0.494 e. The molecule has 0 saturated carbocycles. The Morgan fingerprint density at radius 3 is 2.55 bits per heavy atom. The van der Waals surface area contributed by atoms with Crippen LogP contribution in [0.1, 0.15) is 71.0 Å². The van der Waals surface area contributed by atoms with E-state index < -0.39 is 17.2 Å². The molecule has 0 unspecified atom stereocenters. The van der Waals surface area contributed by atoms with E-state index in [0.29, 0.717) is 28.0 Å². The van der Waals surface area contributed by atoms with Crippen LogP contribution in [0.15, 0.2) is 21.3 Å². The maximum absolute atomic E-state index is 13.4. The highest BCUT2D eigenvalue weighted by Gasteiger charge is 2.28. The highest BCUT2D eigenvalue weighted by molar-refractivity contribution is 6.32. The highest BCUT2D eigenvalue weighted by atomic mass is 35.5. The van der Waals surface area contributed by atoms with Crippen molar-refractivity contribution in [2.24, 2.45) is 0 Å². The lowest BCUT2D eigenvalue weighted by atomic mass is 9.98. The van der Waals surface area contributed by atoms with E-state index in [-0.39, 0.29) is 29.0 Å². The summed E-state index contributed by atoms with van der Waals surface area (Å²) in [5.41, 5.74) is 1.23. The molecule has 1 aromatic carbocycles. The van der Waals surface area contributed by atoms with Gasteiger partial charge in [0.1, 0.15) is 17.2 Å². The summed E-state index contributed by atoms with van der Waals surface area (Å²) in [7, 11) is 0. The first-order chi connectivity index (χ1) is 14.7. The lowest BCUT2D eigenvalue weighted by molar-refractivity contribution is 0.100. The Bertz CT molecular complexity index is 1280. The van der Waals surface area contributed by atoms with Crippen LogP contribution in [0.5, 0.6) is 5.88 Å². The zero-order valence-corrected chi connectivity index (χ0v) is 18.9. The summed E-state index contributed by atoms with van der Waals surface area (Å²) in [4.78, 5) is 26.2. The van der Waals surface area contributed by atoms with Gasteiger partial charge >= 0.3 is 0 Å². The molecule has 3 rings (SSSR count). The molecule has 2 aromatic heterocycles. The van der Waals surface area contributed by atoms with Crippen molar-refractivity contribution < 1.29 is 14.3 Å². The Kier molecular flexibility index (Phi) is 6.56. The van der Waals surface area contributed by atoms with Crippen molar-refractivity contribution in [3.63, 3.8) is 0 Å². The number of furan rings is 1. The summed E-state index contributed by atoms with van der Waals surface area (Å²) in [5, 5.41) is 21.7. The van der Waals surface area contributed by atoms with Gasteiger partial charge in [-0.1, -0.05) is 37.8 Å². The van der Waals surface area contributed by atoms with Crippen LogP contribution < -0.4 is 5.56 Å². The molecule has 0 atom stereocenters. The number of aromatic nitrogens is 1. The fourth-order valence-corrected chi connectivity index (χ4v) is 3.96. The number of aryl methyl sites for hydroxylation is 2.